The Labute approximate surface area is 400 Å². The number of ether oxygens (including phenoxy) is 3. The van der Waals surface area contributed by atoms with Gasteiger partial charge in [-0.2, -0.15) is 0 Å². The van der Waals surface area contributed by atoms with E-state index in [1.54, 1.807) is 0 Å². The van der Waals surface area contributed by atoms with Gasteiger partial charge in [-0.25, -0.2) is 0 Å². The molecule has 0 aliphatic carbocycles. The molecule has 0 saturated heterocycles. The van der Waals surface area contributed by atoms with Crippen LogP contribution in [0.3, 0.4) is 0 Å². The Bertz CT molecular complexity index is 1360. The summed E-state index contributed by atoms with van der Waals surface area (Å²) >= 11 is 0. The zero-order valence-electron chi connectivity index (χ0n) is 42.0. The van der Waals surface area contributed by atoms with Gasteiger partial charge in [0.15, 0.2) is 6.10 Å². The van der Waals surface area contributed by atoms with Gasteiger partial charge in [0, 0.05) is 19.3 Å². The number of carbonyl (C=O) groups is 3. The average molecular weight is 901 g/mol. The van der Waals surface area contributed by atoms with Crippen molar-refractivity contribution in [3.05, 3.63) is 109 Å². The molecule has 0 heterocycles. The molecule has 0 aromatic rings. The lowest BCUT2D eigenvalue weighted by Crippen LogP contribution is -2.30. The maximum absolute atomic E-state index is 12.8. The summed E-state index contributed by atoms with van der Waals surface area (Å²) < 4.78 is 16.7. The minimum atomic E-state index is -0.820. The van der Waals surface area contributed by atoms with Gasteiger partial charge in [-0.1, -0.05) is 207 Å². The molecule has 368 valence electrons. The van der Waals surface area contributed by atoms with Crippen molar-refractivity contribution in [2.24, 2.45) is 0 Å². The van der Waals surface area contributed by atoms with Gasteiger partial charge in [-0.05, 0) is 109 Å². The van der Waals surface area contributed by atoms with Crippen LogP contribution in [0.1, 0.15) is 226 Å². The normalized spacial score (nSPS) is 13.0. The first-order valence-corrected chi connectivity index (χ1v) is 26.4. The molecule has 0 unspecified atom stereocenters. The fraction of sp³-hybridized carbons (Fsp3) is 0.644. The summed E-state index contributed by atoms with van der Waals surface area (Å²) in [6, 6.07) is 0. The van der Waals surface area contributed by atoms with Crippen molar-refractivity contribution in [2.45, 2.75) is 232 Å². The molecule has 0 rings (SSSR count). The third kappa shape index (κ3) is 50.9. The number of rotatable bonds is 46. The summed E-state index contributed by atoms with van der Waals surface area (Å²) in [5.74, 6) is -1.03. The van der Waals surface area contributed by atoms with Gasteiger partial charge >= 0.3 is 17.9 Å². The van der Waals surface area contributed by atoms with Crippen LogP contribution in [-0.2, 0) is 28.6 Å². The highest BCUT2D eigenvalue weighted by atomic mass is 16.6. The molecular formula is C59H96O6. The molecule has 0 saturated carbocycles. The largest absolute Gasteiger partial charge is 0.462 e. The molecule has 0 amide bonds. The van der Waals surface area contributed by atoms with Gasteiger partial charge in [0.1, 0.15) is 13.2 Å². The molecule has 0 aliphatic rings. The average Bonchev–Trinajstić information content (AvgIpc) is 3.30. The molecule has 0 aromatic heterocycles. The van der Waals surface area contributed by atoms with Crippen molar-refractivity contribution in [2.75, 3.05) is 13.2 Å². The third-order valence-electron chi connectivity index (χ3n) is 10.7. The van der Waals surface area contributed by atoms with Crippen molar-refractivity contribution in [3.8, 4) is 0 Å². The molecular weight excluding hydrogens is 805 g/mol. The maximum Gasteiger partial charge on any atom is 0.306 e. The Hall–Kier alpha value is -3.93. The molecule has 0 bridgehead atoms. The van der Waals surface area contributed by atoms with Crippen molar-refractivity contribution in [1.29, 1.82) is 0 Å². The number of carbonyl (C=O) groups excluding carboxylic acids is 3. The van der Waals surface area contributed by atoms with Crippen molar-refractivity contribution in [1.82, 2.24) is 0 Å². The van der Waals surface area contributed by atoms with Gasteiger partial charge in [-0.3, -0.25) is 14.4 Å². The molecule has 0 fully saturated rings. The molecule has 6 heteroatoms. The van der Waals surface area contributed by atoms with Crippen LogP contribution in [0.2, 0.25) is 0 Å². The molecule has 0 aromatic carbocycles. The van der Waals surface area contributed by atoms with Crippen LogP contribution in [0.25, 0.3) is 0 Å². The fourth-order valence-corrected chi connectivity index (χ4v) is 6.77. The smallest absolute Gasteiger partial charge is 0.306 e. The van der Waals surface area contributed by atoms with E-state index < -0.39 is 6.10 Å². The summed E-state index contributed by atoms with van der Waals surface area (Å²) in [6.07, 6.45) is 70.8. The van der Waals surface area contributed by atoms with E-state index in [1.807, 2.05) is 12.2 Å². The Morgan fingerprint density at radius 1 is 0.323 bits per heavy atom. The van der Waals surface area contributed by atoms with E-state index in [2.05, 4.69) is 118 Å². The number of hydrogen-bond donors (Lipinski definition) is 0. The molecule has 0 spiro atoms. The second-order valence-electron chi connectivity index (χ2n) is 17.0. The Morgan fingerprint density at radius 2 is 0.646 bits per heavy atom. The van der Waals surface area contributed by atoms with Gasteiger partial charge in [-0.15, -0.1) is 0 Å². The van der Waals surface area contributed by atoms with Crippen molar-refractivity contribution in [3.63, 3.8) is 0 Å². The highest BCUT2D eigenvalue weighted by Gasteiger charge is 2.19. The minimum absolute atomic E-state index is 0.113. The molecule has 65 heavy (non-hydrogen) atoms. The lowest BCUT2D eigenvalue weighted by Gasteiger charge is -2.18. The summed E-state index contributed by atoms with van der Waals surface area (Å²) in [5, 5.41) is 0. The molecule has 1 atom stereocenters. The van der Waals surface area contributed by atoms with Crippen molar-refractivity contribution >= 4 is 17.9 Å². The highest BCUT2D eigenvalue weighted by Crippen LogP contribution is 2.13. The van der Waals surface area contributed by atoms with Crippen LogP contribution in [0.5, 0.6) is 0 Å². The van der Waals surface area contributed by atoms with Gasteiger partial charge in [0.25, 0.3) is 0 Å². The topological polar surface area (TPSA) is 78.9 Å². The number of esters is 3. The van der Waals surface area contributed by atoms with Crippen molar-refractivity contribution < 1.29 is 28.6 Å². The van der Waals surface area contributed by atoms with Crippen LogP contribution in [0.4, 0.5) is 0 Å². The van der Waals surface area contributed by atoms with Crippen LogP contribution >= 0.6 is 0 Å². The quantitative estimate of drug-likeness (QED) is 0.0262. The molecule has 6 nitrogen and oxygen atoms in total. The monoisotopic (exact) mass is 901 g/mol. The summed E-state index contributed by atoms with van der Waals surface area (Å²) in [6.45, 7) is 6.38. The van der Waals surface area contributed by atoms with E-state index in [4.69, 9.17) is 14.2 Å². The second-order valence-corrected chi connectivity index (χ2v) is 17.0. The summed E-state index contributed by atoms with van der Waals surface area (Å²) in [4.78, 5) is 38.0. The SMILES string of the molecule is CC/C=C\C/C=C\C/C=C\C/C=C\C/C=C\C/C=C\CCC(=O)OC[C@@H](COC(=O)CCCCCCC/C=C\CCCCCCC)OC(=O)CCCCCCC/C=C\C/C=C\CCCC. The van der Waals surface area contributed by atoms with Gasteiger partial charge in [0.2, 0.25) is 0 Å². The lowest BCUT2D eigenvalue weighted by atomic mass is 10.1. The van der Waals surface area contributed by atoms with Crippen LogP contribution < -0.4 is 0 Å². The zero-order chi connectivity index (χ0) is 47.2. The second kappa shape index (κ2) is 52.7. The zero-order valence-corrected chi connectivity index (χ0v) is 42.0. The highest BCUT2D eigenvalue weighted by molar-refractivity contribution is 5.71. The Kier molecular flexibility index (Phi) is 49.5. The number of unbranched alkanes of at least 4 members (excludes halogenated alkanes) is 17. The first kappa shape index (κ1) is 61.1. The summed E-state index contributed by atoms with van der Waals surface area (Å²) in [5.41, 5.74) is 0. The van der Waals surface area contributed by atoms with E-state index >= 15 is 0 Å². The molecule has 0 N–H and O–H groups in total. The first-order chi connectivity index (χ1) is 32.0. The standard InChI is InChI=1S/C59H96O6/c1-4-7-10-13-16-19-22-25-28-29-30-31-32-35-37-40-43-46-49-52-58(61)64-55-56(65-59(62)53-50-47-44-41-38-34-27-24-21-18-15-12-9-6-3)54-63-57(60)51-48-45-42-39-36-33-26-23-20-17-14-11-8-5-2/h7,10,15-16,18-19,23-28,30-31,35,37,43,46,56H,4-6,8-9,11-14,17,20-22,29,32-34,36,38-42,44-45,47-55H2,1-3H3/b10-7-,18-15-,19-16-,26-23-,27-24-,28-25-,31-30-,37-35-,46-43-/t56-/m1/s1. The third-order valence-corrected chi connectivity index (χ3v) is 10.7. The predicted molar refractivity (Wildman–Crippen MR) is 279 cm³/mol. The Morgan fingerprint density at radius 3 is 1.09 bits per heavy atom. The summed E-state index contributed by atoms with van der Waals surface area (Å²) in [7, 11) is 0. The first-order valence-electron chi connectivity index (χ1n) is 26.4. The molecule has 0 radical (unpaired) electrons. The Balaban J connectivity index is 4.54. The van der Waals surface area contributed by atoms with Crippen LogP contribution in [0.15, 0.2) is 109 Å². The van der Waals surface area contributed by atoms with E-state index in [-0.39, 0.29) is 37.5 Å². The van der Waals surface area contributed by atoms with Crippen LogP contribution in [-0.4, -0.2) is 37.2 Å². The van der Waals surface area contributed by atoms with E-state index in [9.17, 15) is 14.4 Å². The number of hydrogen-bond acceptors (Lipinski definition) is 6. The molecule has 0 aliphatic heterocycles. The van der Waals surface area contributed by atoms with E-state index in [1.165, 1.54) is 64.2 Å². The predicted octanol–water partition coefficient (Wildman–Crippen LogP) is 17.5. The van der Waals surface area contributed by atoms with Gasteiger partial charge in [0.05, 0.1) is 0 Å². The number of allylic oxidation sites excluding steroid dienone is 18. The van der Waals surface area contributed by atoms with Crippen LogP contribution in [0, 0.1) is 0 Å². The lowest BCUT2D eigenvalue weighted by molar-refractivity contribution is -0.166. The fourth-order valence-electron chi connectivity index (χ4n) is 6.77. The maximum atomic E-state index is 12.8. The van der Waals surface area contributed by atoms with E-state index in [0.29, 0.717) is 19.3 Å². The minimum Gasteiger partial charge on any atom is -0.462 e. The van der Waals surface area contributed by atoms with Gasteiger partial charge < -0.3 is 14.2 Å². The van der Waals surface area contributed by atoms with E-state index in [0.717, 1.165) is 116 Å².